The number of unbranched alkanes of at least 4 members (excludes halogenated alkanes) is 1. The summed E-state index contributed by atoms with van der Waals surface area (Å²) in [7, 11) is 2.16. The van der Waals surface area contributed by atoms with Crippen LogP contribution in [0.1, 0.15) is 116 Å². The monoisotopic (exact) mass is 740 g/mol. The van der Waals surface area contributed by atoms with Crippen LogP contribution in [-0.4, -0.2) is 86.5 Å². The second-order valence-corrected chi connectivity index (χ2v) is 21.4. The molecule has 14 heteroatoms. The van der Waals surface area contributed by atoms with E-state index in [1.807, 2.05) is 59.8 Å². The van der Waals surface area contributed by atoms with E-state index in [0.29, 0.717) is 24.2 Å². The van der Waals surface area contributed by atoms with Gasteiger partial charge < -0.3 is 33.0 Å². The van der Waals surface area contributed by atoms with Crippen molar-refractivity contribution in [1.29, 1.82) is 0 Å². The van der Waals surface area contributed by atoms with Crippen LogP contribution in [0.4, 0.5) is 4.79 Å². The van der Waals surface area contributed by atoms with Crippen molar-refractivity contribution in [2.45, 2.75) is 110 Å². The quantitative estimate of drug-likeness (QED) is 0.0841. The number of fused-ring (bicyclic) bond motifs is 4. The molecule has 52 heavy (non-hydrogen) atoms. The summed E-state index contributed by atoms with van der Waals surface area (Å²) in [6, 6.07) is 0.623. The summed E-state index contributed by atoms with van der Waals surface area (Å²) in [5.74, 6) is -2.93. The Hall–Kier alpha value is -4.01. The van der Waals surface area contributed by atoms with Crippen LogP contribution < -0.4 is 14.2 Å². The van der Waals surface area contributed by atoms with Gasteiger partial charge in [-0.1, -0.05) is 34.1 Å². The van der Waals surface area contributed by atoms with E-state index in [0.717, 1.165) is 12.8 Å². The summed E-state index contributed by atoms with van der Waals surface area (Å²) in [5, 5.41) is 16.6. The highest BCUT2D eigenvalue weighted by molar-refractivity contribution is 6.74. The molecule has 4 atom stereocenters. The van der Waals surface area contributed by atoms with Crippen LogP contribution in [0.5, 0.6) is 17.4 Å². The molecule has 1 N–H and O–H groups in total. The largest absolute Gasteiger partial charge is 0.514 e. The minimum Gasteiger partial charge on any atom is -0.508 e. The van der Waals surface area contributed by atoms with Gasteiger partial charge >= 0.3 is 6.16 Å². The number of hydrogen-bond acceptors (Lipinski definition) is 13. The van der Waals surface area contributed by atoms with Crippen molar-refractivity contribution in [3.05, 3.63) is 45.4 Å². The number of Topliss-reactive ketones (excluding diaryl/α,β-unsaturated/α-hetero) is 2. The van der Waals surface area contributed by atoms with Crippen LogP contribution in [-0.2, 0) is 15.6 Å². The van der Waals surface area contributed by atoms with Gasteiger partial charge in [0.25, 0.3) is 5.88 Å². The number of methoxy groups -OCH3 is 1. The fraction of sp³-hybridized carbons (Fsp3) is 0.605. The number of aldehydes is 1. The Morgan fingerprint density at radius 1 is 1.15 bits per heavy atom. The minimum absolute atomic E-state index is 0.0105. The molecule has 5 rings (SSSR count). The Labute approximate surface area is 306 Å². The smallest absolute Gasteiger partial charge is 0.508 e. The van der Waals surface area contributed by atoms with Crippen LogP contribution >= 0.6 is 0 Å². The number of allylic oxidation sites excluding steroid dienone is 1. The van der Waals surface area contributed by atoms with Crippen LogP contribution in [0.2, 0.25) is 18.1 Å². The zero-order valence-electron chi connectivity index (χ0n) is 32.3. The maximum Gasteiger partial charge on any atom is 0.514 e. The molecule has 0 radical (unpaired) electrons. The first-order valence-electron chi connectivity index (χ1n) is 17.8. The lowest BCUT2D eigenvalue weighted by atomic mass is 9.58. The summed E-state index contributed by atoms with van der Waals surface area (Å²) in [6.07, 6.45) is 1.36. The third-order valence-corrected chi connectivity index (χ3v) is 15.1. The maximum atomic E-state index is 15.3. The van der Waals surface area contributed by atoms with E-state index in [2.05, 4.69) is 5.16 Å². The Morgan fingerprint density at radius 3 is 2.38 bits per heavy atom. The second kappa shape index (κ2) is 13.8. The predicted molar refractivity (Wildman–Crippen MR) is 193 cm³/mol. The number of carbonyl (C=O) groups is 4. The Morgan fingerprint density at radius 2 is 1.83 bits per heavy atom. The maximum absolute atomic E-state index is 15.3. The average molecular weight is 741 g/mol. The standard InChI is InChI=1S/C38H52N2O11Si/c1-13-14-15-47-34-27-31(50-39-34)28(40(8)9)23-17-20-16-22-26(24(18-21(19-41)30(22)46-10)48-35(45)49-36(2,3)4)29(42)25(20)32(43)38(23,33(27)44)51-52(11,12)37(5,6)7/h18-20,23,28,43H,13-17H2,1-12H3/t20-,23-,28-,38-/m0/s1. The van der Waals surface area contributed by atoms with Gasteiger partial charge in [0.15, 0.2) is 31.7 Å². The number of hydrogen-bond donors (Lipinski definition) is 1. The number of rotatable bonds is 10. The van der Waals surface area contributed by atoms with Crippen LogP contribution in [0.15, 0.2) is 21.9 Å². The van der Waals surface area contributed by atoms with E-state index in [1.54, 1.807) is 20.8 Å². The molecule has 1 aromatic heterocycles. The SMILES string of the molecule is CCCCOc1noc2c1C(=O)[C@@]1(O[Si](C)(C)C(C)(C)C)C(O)=C3C(=O)c4c(OC(=O)OC(C)(C)C)cc(C=O)c(OC)c4C[C@H]3C[C@H]1[C@@H]2N(C)C. The lowest BCUT2D eigenvalue weighted by molar-refractivity contribution is -0.0480. The van der Waals surface area contributed by atoms with Gasteiger partial charge in [0, 0.05) is 17.1 Å². The fourth-order valence-corrected chi connectivity index (χ4v) is 8.83. The lowest BCUT2D eigenvalue weighted by Gasteiger charge is -2.55. The normalized spacial score (nSPS) is 23.1. The molecule has 1 aromatic carbocycles. The number of aliphatic hydroxyl groups excluding tert-OH is 1. The highest BCUT2D eigenvalue weighted by Gasteiger charge is 2.67. The van der Waals surface area contributed by atoms with Crippen molar-refractivity contribution in [3.63, 3.8) is 0 Å². The van der Waals surface area contributed by atoms with Crippen molar-refractivity contribution >= 4 is 32.3 Å². The molecule has 284 valence electrons. The van der Waals surface area contributed by atoms with Gasteiger partial charge in [-0.3, -0.25) is 19.3 Å². The fourth-order valence-electron chi connectivity index (χ4n) is 7.37. The summed E-state index contributed by atoms with van der Waals surface area (Å²) >= 11 is 0. The van der Waals surface area contributed by atoms with Crippen molar-refractivity contribution < 1.29 is 52.2 Å². The number of aliphatic hydroxyl groups is 1. The number of ketones is 2. The minimum atomic E-state index is -2.92. The number of aromatic nitrogens is 1. The zero-order valence-corrected chi connectivity index (χ0v) is 33.3. The third kappa shape index (κ3) is 6.46. The highest BCUT2D eigenvalue weighted by Crippen LogP contribution is 2.60. The molecule has 0 fully saturated rings. The number of carbonyl (C=O) groups excluding carboxylic acids is 4. The summed E-state index contributed by atoms with van der Waals surface area (Å²) in [4.78, 5) is 57.3. The van der Waals surface area contributed by atoms with Crippen molar-refractivity contribution in [2.75, 3.05) is 27.8 Å². The van der Waals surface area contributed by atoms with E-state index < -0.39 is 65.9 Å². The van der Waals surface area contributed by atoms with E-state index in [1.165, 1.54) is 13.2 Å². The summed E-state index contributed by atoms with van der Waals surface area (Å²) in [6.45, 7) is 17.4. The lowest BCUT2D eigenvalue weighted by Crippen LogP contribution is -2.65. The number of nitrogens with zero attached hydrogens (tertiary/aromatic N) is 2. The van der Waals surface area contributed by atoms with Crippen molar-refractivity contribution in [1.82, 2.24) is 10.1 Å². The van der Waals surface area contributed by atoms with Gasteiger partial charge in [0.2, 0.25) is 5.78 Å². The zero-order chi connectivity index (χ0) is 38.7. The molecule has 0 saturated carbocycles. The van der Waals surface area contributed by atoms with Gasteiger partial charge in [-0.25, -0.2) is 4.79 Å². The predicted octanol–water partition coefficient (Wildman–Crippen LogP) is 7.44. The Bertz CT molecular complexity index is 1810. The molecule has 0 saturated heterocycles. The highest BCUT2D eigenvalue weighted by atomic mass is 28.4. The van der Waals surface area contributed by atoms with Crippen molar-refractivity contribution in [2.24, 2.45) is 11.8 Å². The van der Waals surface area contributed by atoms with E-state index in [4.69, 9.17) is 27.9 Å². The summed E-state index contributed by atoms with van der Waals surface area (Å²) < 4.78 is 35.7. The van der Waals surface area contributed by atoms with Crippen LogP contribution in [0.3, 0.4) is 0 Å². The molecule has 0 spiro atoms. The molecule has 3 aliphatic rings. The van der Waals surface area contributed by atoms with Gasteiger partial charge in [-0.15, -0.1) is 0 Å². The van der Waals surface area contributed by atoms with E-state index >= 15 is 4.79 Å². The first kappa shape index (κ1) is 39.2. The second-order valence-electron chi connectivity index (χ2n) is 16.6. The van der Waals surface area contributed by atoms with Crippen molar-refractivity contribution in [3.8, 4) is 17.4 Å². The molecule has 13 nitrogen and oxygen atoms in total. The van der Waals surface area contributed by atoms with Gasteiger partial charge in [-0.2, -0.15) is 0 Å². The molecular weight excluding hydrogens is 689 g/mol. The first-order valence-corrected chi connectivity index (χ1v) is 20.7. The molecule has 1 heterocycles. The summed E-state index contributed by atoms with van der Waals surface area (Å²) in [5.41, 5.74) is -2.56. The third-order valence-electron chi connectivity index (χ3n) is 10.7. The Kier molecular flexibility index (Phi) is 10.4. The van der Waals surface area contributed by atoms with E-state index in [-0.39, 0.29) is 52.5 Å². The molecule has 2 aromatic rings. The molecule has 3 aliphatic carbocycles. The van der Waals surface area contributed by atoms with Gasteiger partial charge in [-0.05, 0) is 89.4 Å². The average Bonchev–Trinajstić information content (AvgIpc) is 3.43. The van der Waals surface area contributed by atoms with E-state index in [9.17, 15) is 19.5 Å². The topological polar surface area (TPSA) is 164 Å². The number of benzene rings is 1. The number of ether oxygens (including phenoxy) is 4. The van der Waals surface area contributed by atoms with Gasteiger partial charge in [0.1, 0.15) is 28.4 Å². The molecule has 0 unspecified atom stereocenters. The molecule has 0 bridgehead atoms. The molecule has 0 amide bonds. The van der Waals surface area contributed by atoms with Gasteiger partial charge in [0.05, 0.1) is 30.9 Å². The molecular formula is C38H52N2O11Si. The Balaban J connectivity index is 1.80. The molecule has 0 aliphatic heterocycles. The first-order chi connectivity index (χ1) is 24.1. The van der Waals surface area contributed by atoms with Crippen LogP contribution in [0, 0.1) is 11.8 Å². The van der Waals surface area contributed by atoms with Crippen LogP contribution in [0.25, 0.3) is 0 Å².